The van der Waals surface area contributed by atoms with Crippen LogP contribution in [0.5, 0.6) is 0 Å². The monoisotopic (exact) mass is 350 g/mol. The minimum absolute atomic E-state index is 0.0194. The van der Waals surface area contributed by atoms with Crippen molar-refractivity contribution in [1.29, 1.82) is 0 Å². The highest BCUT2D eigenvalue weighted by Crippen LogP contribution is 2.20. The Labute approximate surface area is 144 Å². The number of aromatic nitrogens is 2. The Morgan fingerprint density at radius 3 is 2.67 bits per heavy atom. The van der Waals surface area contributed by atoms with Crippen molar-refractivity contribution in [3.05, 3.63) is 41.6 Å². The van der Waals surface area contributed by atoms with Crippen LogP contribution in [0.3, 0.4) is 0 Å². The third-order valence-corrected chi connectivity index (χ3v) is 3.67. The quantitative estimate of drug-likeness (QED) is 0.744. The second kappa shape index (κ2) is 7.35. The van der Waals surface area contributed by atoms with Crippen molar-refractivity contribution in [2.45, 2.75) is 32.2 Å². The van der Waals surface area contributed by atoms with Crippen molar-refractivity contribution in [1.82, 2.24) is 15.1 Å². The van der Waals surface area contributed by atoms with Crippen LogP contribution in [0.1, 0.15) is 26.7 Å². The first-order valence-electron chi connectivity index (χ1n) is 7.38. The van der Waals surface area contributed by atoms with Crippen LogP contribution in [0.15, 0.2) is 36.5 Å². The molecule has 0 aliphatic carbocycles. The van der Waals surface area contributed by atoms with Gasteiger partial charge in [0.25, 0.3) is 0 Å². The summed E-state index contributed by atoms with van der Waals surface area (Å²) in [6.07, 6.45) is 1.99. The predicted octanol–water partition coefficient (Wildman–Crippen LogP) is 3.29. The lowest BCUT2D eigenvalue weighted by Gasteiger charge is -2.25. The van der Waals surface area contributed by atoms with Crippen LogP contribution in [0.25, 0.3) is 5.69 Å². The number of para-hydroxylation sites is 1. The topological polar surface area (TPSA) is 96.3 Å². The van der Waals surface area contributed by atoms with Crippen molar-refractivity contribution >= 4 is 29.4 Å². The number of rotatable bonds is 6. The Hall–Kier alpha value is -2.54. The molecule has 0 aliphatic rings. The number of nitrogens with zero attached hydrogens (tertiary/aromatic N) is 2. The molecule has 0 unspecified atom stereocenters. The summed E-state index contributed by atoms with van der Waals surface area (Å²) in [5, 5.41) is 18.9. The zero-order chi connectivity index (χ0) is 17.7. The molecule has 0 atom stereocenters. The van der Waals surface area contributed by atoms with Crippen LogP contribution in [0, 0.1) is 0 Å². The third-order valence-electron chi connectivity index (χ3n) is 3.35. The van der Waals surface area contributed by atoms with Crippen LogP contribution >= 0.6 is 11.6 Å². The molecule has 2 amide bonds. The molecule has 128 valence electrons. The van der Waals surface area contributed by atoms with Gasteiger partial charge in [-0.1, -0.05) is 23.7 Å². The largest absolute Gasteiger partial charge is 0.481 e. The molecule has 1 aromatic heterocycles. The summed E-state index contributed by atoms with van der Waals surface area (Å²) in [5.74, 6) is -0.537. The van der Waals surface area contributed by atoms with Gasteiger partial charge in [0.15, 0.2) is 5.82 Å². The number of benzene rings is 1. The summed E-state index contributed by atoms with van der Waals surface area (Å²) in [5.41, 5.74) is 0.0581. The van der Waals surface area contributed by atoms with Gasteiger partial charge in [-0.25, -0.2) is 9.48 Å². The Bertz CT molecular complexity index is 742. The number of hydrogen-bond acceptors (Lipinski definition) is 3. The van der Waals surface area contributed by atoms with E-state index in [2.05, 4.69) is 15.7 Å². The normalized spacial score (nSPS) is 11.1. The van der Waals surface area contributed by atoms with Crippen LogP contribution in [0.2, 0.25) is 5.02 Å². The number of nitrogens with one attached hydrogen (secondary N) is 2. The van der Waals surface area contributed by atoms with Gasteiger partial charge < -0.3 is 10.4 Å². The fraction of sp³-hybridized carbons (Fsp3) is 0.312. The van der Waals surface area contributed by atoms with Crippen molar-refractivity contribution in [3.63, 3.8) is 0 Å². The molecule has 1 heterocycles. The fourth-order valence-electron chi connectivity index (χ4n) is 2.10. The van der Waals surface area contributed by atoms with Crippen molar-refractivity contribution in [2.24, 2.45) is 0 Å². The molecule has 2 aromatic rings. The summed E-state index contributed by atoms with van der Waals surface area (Å²) in [4.78, 5) is 22.7. The van der Waals surface area contributed by atoms with Crippen LogP contribution < -0.4 is 10.6 Å². The van der Waals surface area contributed by atoms with Crippen LogP contribution in [0.4, 0.5) is 10.6 Å². The highest BCUT2D eigenvalue weighted by atomic mass is 35.5. The first kappa shape index (κ1) is 17.8. The molecule has 0 aliphatic heterocycles. The number of hydrogen-bond donors (Lipinski definition) is 3. The average molecular weight is 351 g/mol. The van der Waals surface area contributed by atoms with Gasteiger partial charge in [-0.2, -0.15) is 0 Å². The molecule has 3 N–H and O–H groups in total. The lowest BCUT2D eigenvalue weighted by molar-refractivity contribution is -0.137. The lowest BCUT2D eigenvalue weighted by Crippen LogP contribution is -2.45. The number of carbonyl (C=O) groups is 2. The van der Waals surface area contributed by atoms with Crippen LogP contribution in [-0.2, 0) is 4.79 Å². The summed E-state index contributed by atoms with van der Waals surface area (Å²) in [6, 6.07) is 8.43. The van der Waals surface area contributed by atoms with E-state index in [1.165, 1.54) is 0 Å². The van der Waals surface area contributed by atoms with E-state index in [-0.39, 0.29) is 6.42 Å². The Balaban J connectivity index is 1.98. The molecule has 24 heavy (non-hydrogen) atoms. The molecule has 8 heteroatoms. The number of carboxylic acids is 1. The molecule has 0 radical (unpaired) electrons. The van der Waals surface area contributed by atoms with Gasteiger partial charge in [0.2, 0.25) is 0 Å². The van der Waals surface area contributed by atoms with E-state index in [1.807, 2.05) is 18.2 Å². The van der Waals surface area contributed by atoms with E-state index in [1.54, 1.807) is 36.9 Å². The van der Waals surface area contributed by atoms with Gasteiger partial charge in [0.05, 0.1) is 10.7 Å². The number of urea groups is 1. The minimum atomic E-state index is -0.899. The molecule has 0 saturated carbocycles. The van der Waals surface area contributed by atoms with E-state index >= 15 is 0 Å². The van der Waals surface area contributed by atoms with Crippen molar-refractivity contribution in [3.8, 4) is 5.69 Å². The standard InChI is InChI=1S/C16H19ClN4O3/c1-16(2,9-7-14(22)23)19-15(24)18-13-8-10-21(20-13)12-6-4-3-5-11(12)17/h3-6,8,10H,7,9H2,1-2H3,(H,22,23)(H2,18,19,20,24). The summed E-state index contributed by atoms with van der Waals surface area (Å²) < 4.78 is 1.56. The third kappa shape index (κ3) is 4.99. The van der Waals surface area contributed by atoms with E-state index < -0.39 is 17.5 Å². The SMILES string of the molecule is CC(C)(CCC(=O)O)NC(=O)Nc1ccn(-c2ccccc2Cl)n1. The van der Waals surface area contributed by atoms with Crippen molar-refractivity contribution < 1.29 is 14.7 Å². The molecular formula is C16H19ClN4O3. The second-order valence-corrected chi connectivity index (χ2v) is 6.36. The molecular weight excluding hydrogens is 332 g/mol. The summed E-state index contributed by atoms with van der Waals surface area (Å²) in [7, 11) is 0. The number of carbonyl (C=O) groups excluding carboxylic acids is 1. The highest BCUT2D eigenvalue weighted by Gasteiger charge is 2.21. The van der Waals surface area contributed by atoms with Gasteiger partial charge in [-0.15, -0.1) is 5.10 Å². The van der Waals surface area contributed by atoms with E-state index in [9.17, 15) is 9.59 Å². The molecule has 0 saturated heterocycles. The van der Waals surface area contributed by atoms with Gasteiger partial charge in [0.1, 0.15) is 0 Å². The average Bonchev–Trinajstić information content (AvgIpc) is 2.93. The van der Waals surface area contributed by atoms with Gasteiger partial charge in [-0.05, 0) is 32.4 Å². The molecule has 1 aromatic carbocycles. The van der Waals surface area contributed by atoms with Crippen LogP contribution in [-0.4, -0.2) is 32.4 Å². The molecule has 0 spiro atoms. The van der Waals surface area contributed by atoms with E-state index in [0.717, 1.165) is 0 Å². The summed E-state index contributed by atoms with van der Waals surface area (Å²) >= 11 is 6.11. The Morgan fingerprint density at radius 1 is 1.29 bits per heavy atom. The maximum absolute atomic E-state index is 12.0. The van der Waals surface area contributed by atoms with Gasteiger partial charge in [0, 0.05) is 24.2 Å². The van der Waals surface area contributed by atoms with E-state index in [4.69, 9.17) is 16.7 Å². The van der Waals surface area contributed by atoms with Crippen molar-refractivity contribution in [2.75, 3.05) is 5.32 Å². The van der Waals surface area contributed by atoms with Gasteiger partial charge >= 0.3 is 12.0 Å². The van der Waals surface area contributed by atoms with E-state index in [0.29, 0.717) is 22.9 Å². The number of carboxylic acid groups (broad SMARTS) is 1. The molecule has 7 nitrogen and oxygen atoms in total. The molecule has 0 bridgehead atoms. The zero-order valence-electron chi connectivity index (χ0n) is 13.4. The fourth-order valence-corrected chi connectivity index (χ4v) is 2.32. The minimum Gasteiger partial charge on any atom is -0.481 e. The summed E-state index contributed by atoms with van der Waals surface area (Å²) in [6.45, 7) is 3.52. The number of aliphatic carboxylic acids is 1. The maximum atomic E-state index is 12.0. The first-order valence-corrected chi connectivity index (χ1v) is 7.76. The maximum Gasteiger partial charge on any atom is 0.320 e. The number of anilines is 1. The highest BCUT2D eigenvalue weighted by molar-refractivity contribution is 6.32. The molecule has 2 rings (SSSR count). The Kier molecular flexibility index (Phi) is 5.46. The Morgan fingerprint density at radius 2 is 2.00 bits per heavy atom. The smallest absolute Gasteiger partial charge is 0.320 e. The lowest BCUT2D eigenvalue weighted by atomic mass is 9.99. The predicted molar refractivity (Wildman–Crippen MR) is 91.7 cm³/mol. The van der Waals surface area contributed by atoms with Gasteiger partial charge in [-0.3, -0.25) is 10.1 Å². The molecule has 0 fully saturated rings. The number of amides is 2. The second-order valence-electron chi connectivity index (χ2n) is 5.95. The first-order chi connectivity index (χ1) is 11.3. The number of halogens is 1. The zero-order valence-corrected chi connectivity index (χ0v) is 14.2.